The Morgan fingerprint density at radius 2 is 1.86 bits per heavy atom. The minimum absolute atomic E-state index is 0.0397. The van der Waals surface area contributed by atoms with Gasteiger partial charge in [-0.25, -0.2) is 15.6 Å². The van der Waals surface area contributed by atoms with Gasteiger partial charge in [0.2, 0.25) is 5.91 Å². The van der Waals surface area contributed by atoms with Crippen LogP contribution in [0, 0.1) is 11.8 Å². The lowest BCUT2D eigenvalue weighted by molar-refractivity contribution is -0.165. The number of carboxylic acids is 1. The third-order valence-electron chi connectivity index (χ3n) is 8.10. The van der Waals surface area contributed by atoms with Crippen LogP contribution < -0.4 is 5.84 Å². The van der Waals surface area contributed by atoms with Gasteiger partial charge in [-0.1, -0.05) is 47.5 Å². The van der Waals surface area contributed by atoms with E-state index >= 15 is 0 Å². The molecule has 1 aliphatic rings. The first-order valence-electron chi connectivity index (χ1n) is 15.3. The molecular weight excluding hydrogens is 590 g/mol. The lowest BCUT2D eigenvalue weighted by Crippen LogP contribution is -2.62. The zero-order chi connectivity index (χ0) is 33.1. The Bertz CT molecular complexity index is 1140. The summed E-state index contributed by atoms with van der Waals surface area (Å²) in [6.07, 6.45) is 2.80. The van der Waals surface area contributed by atoms with Gasteiger partial charge in [0, 0.05) is 31.2 Å². The van der Waals surface area contributed by atoms with E-state index in [-0.39, 0.29) is 41.3 Å². The fourth-order valence-electron chi connectivity index (χ4n) is 5.38. The van der Waals surface area contributed by atoms with E-state index in [4.69, 9.17) is 15.3 Å². The number of rotatable bonds is 16. The van der Waals surface area contributed by atoms with Crippen LogP contribution in [0.15, 0.2) is 5.38 Å². The van der Waals surface area contributed by atoms with Gasteiger partial charge in [-0.3, -0.25) is 29.1 Å². The van der Waals surface area contributed by atoms with Gasteiger partial charge >= 0.3 is 17.9 Å². The molecule has 1 aromatic heterocycles. The van der Waals surface area contributed by atoms with Gasteiger partial charge in [0.25, 0.3) is 5.91 Å². The Morgan fingerprint density at radius 3 is 2.39 bits per heavy atom. The average Bonchev–Trinajstić information content (AvgIpc) is 3.46. The lowest BCUT2D eigenvalue weighted by Gasteiger charge is -2.42. The van der Waals surface area contributed by atoms with Crippen LogP contribution in [-0.2, 0) is 28.7 Å². The minimum Gasteiger partial charge on any atom is -0.476 e. The number of aromatic carboxylic acids is 1. The second kappa shape index (κ2) is 17.4. The van der Waals surface area contributed by atoms with Crippen molar-refractivity contribution in [2.75, 3.05) is 20.3 Å². The largest absolute Gasteiger partial charge is 0.476 e. The highest BCUT2D eigenvalue weighted by Gasteiger charge is 2.42. The van der Waals surface area contributed by atoms with Crippen LogP contribution in [0.5, 0.6) is 0 Å². The van der Waals surface area contributed by atoms with Crippen LogP contribution in [0.4, 0.5) is 0 Å². The number of hydrogen-bond donors (Lipinski definition) is 2. The van der Waals surface area contributed by atoms with Crippen LogP contribution in [0.1, 0.15) is 108 Å². The molecule has 0 aromatic carbocycles. The number of thiazole rings is 1. The van der Waals surface area contributed by atoms with Crippen molar-refractivity contribution in [2.24, 2.45) is 17.7 Å². The zero-order valence-corrected chi connectivity index (χ0v) is 27.8. The van der Waals surface area contributed by atoms with Gasteiger partial charge in [0.1, 0.15) is 11.0 Å². The number of piperidine rings is 1. The highest BCUT2D eigenvalue weighted by atomic mass is 32.1. The van der Waals surface area contributed by atoms with Crippen LogP contribution >= 0.6 is 11.3 Å². The van der Waals surface area contributed by atoms with Crippen LogP contribution in [0.3, 0.4) is 0 Å². The fourth-order valence-corrected chi connectivity index (χ4v) is 6.21. The van der Waals surface area contributed by atoms with Gasteiger partial charge in [-0.05, 0) is 44.7 Å². The van der Waals surface area contributed by atoms with Crippen molar-refractivity contribution in [2.45, 2.75) is 111 Å². The Balaban J connectivity index is 2.54. The molecular formula is C30H49N5O8S. The Hall–Kier alpha value is -3.10. The maximum absolute atomic E-state index is 14.6. The van der Waals surface area contributed by atoms with Crippen molar-refractivity contribution in [3.05, 3.63) is 16.1 Å². The topological polar surface area (TPSA) is 173 Å². The molecule has 1 saturated heterocycles. The summed E-state index contributed by atoms with van der Waals surface area (Å²) in [6.45, 7) is 10.9. The van der Waals surface area contributed by atoms with Crippen LogP contribution in [-0.4, -0.2) is 93.1 Å². The second-order valence-corrected chi connectivity index (χ2v) is 12.7. The smallest absolute Gasteiger partial charge is 0.355 e. The number of nitrogens with two attached hydrogens (primary N) is 1. The Kier molecular flexibility index (Phi) is 14.7. The molecule has 1 aliphatic heterocycles. The van der Waals surface area contributed by atoms with Crippen molar-refractivity contribution in [3.8, 4) is 0 Å². The number of ether oxygens (including phenoxy) is 2. The number of carbonyl (C=O) groups excluding carboxylic acids is 4. The second-order valence-electron chi connectivity index (χ2n) is 11.8. The molecule has 13 nitrogen and oxygen atoms in total. The first-order valence-corrected chi connectivity index (χ1v) is 16.2. The van der Waals surface area contributed by atoms with Crippen molar-refractivity contribution in [3.63, 3.8) is 0 Å². The maximum atomic E-state index is 14.6. The molecule has 248 valence electrons. The summed E-state index contributed by atoms with van der Waals surface area (Å²) in [7, 11) is 1.87. The van der Waals surface area contributed by atoms with Gasteiger partial charge in [-0.15, -0.1) is 11.3 Å². The number of aromatic nitrogens is 1. The molecule has 2 rings (SSSR count). The van der Waals surface area contributed by atoms with Gasteiger partial charge in [-0.2, -0.15) is 0 Å². The van der Waals surface area contributed by atoms with Gasteiger partial charge in [0.15, 0.2) is 18.5 Å². The van der Waals surface area contributed by atoms with E-state index in [1.54, 1.807) is 0 Å². The summed E-state index contributed by atoms with van der Waals surface area (Å²) in [5.74, 6) is 2.76. The molecule has 1 aromatic rings. The summed E-state index contributed by atoms with van der Waals surface area (Å²) < 4.78 is 11.1. The van der Waals surface area contributed by atoms with E-state index in [9.17, 15) is 29.1 Å². The molecule has 44 heavy (non-hydrogen) atoms. The lowest BCUT2D eigenvalue weighted by atomic mass is 9.92. The van der Waals surface area contributed by atoms with Gasteiger partial charge in [0.05, 0.1) is 6.04 Å². The third kappa shape index (κ3) is 9.96. The Morgan fingerprint density at radius 1 is 1.18 bits per heavy atom. The van der Waals surface area contributed by atoms with Crippen molar-refractivity contribution in [1.82, 2.24) is 19.8 Å². The number of esters is 2. The molecule has 0 radical (unpaired) electrons. The molecule has 3 N–H and O–H groups in total. The van der Waals surface area contributed by atoms with Gasteiger partial charge < -0.3 is 19.5 Å². The highest BCUT2D eigenvalue weighted by molar-refractivity contribution is 7.09. The molecule has 14 heteroatoms. The number of hydrogen-bond acceptors (Lipinski definition) is 11. The first-order chi connectivity index (χ1) is 20.7. The van der Waals surface area contributed by atoms with E-state index in [2.05, 4.69) is 4.98 Å². The molecule has 5 atom stereocenters. The first kappa shape index (κ1) is 37.1. The molecule has 0 unspecified atom stereocenters. The number of hydrazine groups is 1. The number of carbonyl (C=O) groups is 5. The van der Waals surface area contributed by atoms with Crippen LogP contribution in [0.25, 0.3) is 0 Å². The molecule has 0 saturated carbocycles. The number of amides is 2. The summed E-state index contributed by atoms with van der Waals surface area (Å²) in [6, 6.07) is -2.18. The summed E-state index contributed by atoms with van der Waals surface area (Å²) in [5.41, 5.74) is -0.188. The number of likely N-dealkylation sites (N-methyl/N-ethyl adjacent to an activating group) is 1. The SMILES string of the molecule is CCCC(=O)OCN(C(=O)[C@H]([C@@H](C)CC)N(N)C(=O)[C@H]1CCCCN1C)[C@H](C[C@@H](OC(C)=O)c1nc(C(=O)O)cs1)C(C)C. The monoisotopic (exact) mass is 639 g/mol. The van der Waals surface area contributed by atoms with E-state index in [1.807, 2.05) is 46.6 Å². The number of carboxylic acid groups (broad SMARTS) is 1. The van der Waals surface area contributed by atoms with E-state index in [1.165, 1.54) is 17.2 Å². The fraction of sp³-hybridized carbons (Fsp3) is 0.733. The predicted molar refractivity (Wildman–Crippen MR) is 164 cm³/mol. The predicted octanol–water partition coefficient (Wildman–Crippen LogP) is 3.59. The summed E-state index contributed by atoms with van der Waals surface area (Å²) in [4.78, 5) is 71.8. The normalized spacial score (nSPS) is 18.2. The van der Waals surface area contributed by atoms with Crippen molar-refractivity contribution < 1.29 is 38.6 Å². The quantitative estimate of drug-likeness (QED) is 0.0890. The van der Waals surface area contributed by atoms with E-state index < -0.39 is 54.8 Å². The average molecular weight is 640 g/mol. The standard InChI is InChI=1S/C30H49N5O8S/c1-8-12-25(37)42-17-34(23(18(3)4)15-24(43-20(6)36)27-32-21(16-44-27)30(40)41)29(39)26(19(5)9-2)35(31)28(38)22-13-10-11-14-33(22)7/h16,18-19,22-24,26H,8-15,17,31H2,1-7H3,(H,40,41)/t19-,22+,23+,24+,26-/m0/s1. The molecule has 1 fully saturated rings. The summed E-state index contributed by atoms with van der Waals surface area (Å²) in [5, 5.41) is 12.0. The molecule has 0 spiro atoms. The zero-order valence-electron chi connectivity index (χ0n) is 27.0. The summed E-state index contributed by atoms with van der Waals surface area (Å²) >= 11 is 1.03. The van der Waals surface area contributed by atoms with Crippen molar-refractivity contribution >= 4 is 41.1 Å². The molecule has 0 bridgehead atoms. The maximum Gasteiger partial charge on any atom is 0.355 e. The molecule has 2 heterocycles. The van der Waals surface area contributed by atoms with Crippen LogP contribution in [0.2, 0.25) is 0 Å². The van der Waals surface area contributed by atoms with E-state index in [0.717, 1.165) is 35.7 Å². The number of likely N-dealkylation sites (tertiary alicyclic amines) is 1. The molecule has 0 aliphatic carbocycles. The molecule has 2 amide bonds. The minimum atomic E-state index is -1.22. The van der Waals surface area contributed by atoms with Crippen molar-refractivity contribution in [1.29, 1.82) is 0 Å². The Labute approximate surface area is 264 Å². The third-order valence-corrected chi connectivity index (χ3v) is 9.03. The van der Waals surface area contributed by atoms with E-state index in [0.29, 0.717) is 19.3 Å². The number of nitrogens with zero attached hydrogens (tertiary/aromatic N) is 4. The highest BCUT2D eigenvalue weighted by Crippen LogP contribution is 2.32.